The highest BCUT2D eigenvalue weighted by Gasteiger charge is 2.30. The van der Waals surface area contributed by atoms with Gasteiger partial charge in [-0.15, -0.1) is 0 Å². The van der Waals surface area contributed by atoms with Crippen LogP contribution in [0.5, 0.6) is 0 Å². The molecule has 0 N–H and O–H groups in total. The Hall–Kier alpha value is -2.50. The van der Waals surface area contributed by atoms with Crippen molar-refractivity contribution in [3.63, 3.8) is 0 Å². The van der Waals surface area contributed by atoms with Gasteiger partial charge in [-0.2, -0.15) is 0 Å². The van der Waals surface area contributed by atoms with Crippen LogP contribution in [-0.2, 0) is 24.2 Å². The van der Waals surface area contributed by atoms with Crippen LogP contribution < -0.4 is 0 Å². The van der Waals surface area contributed by atoms with E-state index in [1.54, 1.807) is 4.90 Å². The number of rotatable bonds is 3. The standard InChI is InChI=1S/C26H37N3O3.C2H6/c1-6-12-29-22-8-7-19(24(30)27-13-9-18(2)10-14-27)16-20(22)21-17-28(15-11-23(21)29)25(31)32-26(3,4)5;1-2/h7-8,16,18H,6,9-15,17H2,1-5H3;1-2H3. The van der Waals surface area contributed by atoms with E-state index in [-0.39, 0.29) is 12.0 Å². The molecule has 0 unspecified atom stereocenters. The molecule has 0 atom stereocenters. The Balaban J connectivity index is 0.00000158. The molecule has 4 rings (SSSR count). The number of ether oxygens (including phenoxy) is 1. The molecular weight excluding hydrogens is 426 g/mol. The van der Waals surface area contributed by atoms with Crippen LogP contribution in [-0.4, -0.2) is 51.6 Å². The van der Waals surface area contributed by atoms with Crippen LogP contribution in [0.25, 0.3) is 10.9 Å². The minimum atomic E-state index is -0.515. The summed E-state index contributed by atoms with van der Waals surface area (Å²) in [5.74, 6) is 0.811. The fourth-order valence-electron chi connectivity index (χ4n) is 4.94. The van der Waals surface area contributed by atoms with Crippen molar-refractivity contribution in [3.05, 3.63) is 35.0 Å². The van der Waals surface area contributed by atoms with Crippen molar-refractivity contribution in [1.29, 1.82) is 0 Å². The summed E-state index contributed by atoms with van der Waals surface area (Å²) in [4.78, 5) is 29.7. The highest BCUT2D eigenvalue weighted by atomic mass is 16.6. The first kappa shape index (κ1) is 26.1. The number of amides is 2. The van der Waals surface area contributed by atoms with Crippen LogP contribution in [0.4, 0.5) is 4.79 Å². The maximum Gasteiger partial charge on any atom is 0.410 e. The molecule has 6 nitrogen and oxygen atoms in total. The van der Waals surface area contributed by atoms with E-state index in [4.69, 9.17) is 4.74 Å². The van der Waals surface area contributed by atoms with Gasteiger partial charge in [0.05, 0.1) is 6.54 Å². The number of carbonyl (C=O) groups excluding carboxylic acids is 2. The molecule has 6 heteroatoms. The van der Waals surface area contributed by atoms with Gasteiger partial charge in [0.1, 0.15) is 5.60 Å². The summed E-state index contributed by atoms with van der Waals surface area (Å²) in [6.07, 6.45) is 3.71. The summed E-state index contributed by atoms with van der Waals surface area (Å²) in [7, 11) is 0. The Morgan fingerprint density at radius 2 is 1.74 bits per heavy atom. The Bertz CT molecular complexity index is 1010. The van der Waals surface area contributed by atoms with E-state index < -0.39 is 5.60 Å². The second kappa shape index (κ2) is 10.8. The lowest BCUT2D eigenvalue weighted by Gasteiger charge is -2.31. The lowest BCUT2D eigenvalue weighted by atomic mass is 9.98. The van der Waals surface area contributed by atoms with Gasteiger partial charge in [-0.05, 0) is 64.2 Å². The molecule has 1 aromatic carbocycles. The number of hydrogen-bond donors (Lipinski definition) is 0. The molecule has 1 saturated heterocycles. The Morgan fingerprint density at radius 1 is 1.06 bits per heavy atom. The fraction of sp³-hybridized carbons (Fsp3) is 0.643. The molecule has 1 aromatic heterocycles. The molecule has 0 spiro atoms. The van der Waals surface area contributed by atoms with E-state index in [1.807, 2.05) is 45.6 Å². The van der Waals surface area contributed by atoms with Gasteiger partial charge >= 0.3 is 6.09 Å². The molecule has 0 aliphatic carbocycles. The number of benzene rings is 1. The molecule has 0 saturated carbocycles. The lowest BCUT2D eigenvalue weighted by Crippen LogP contribution is -2.40. The highest BCUT2D eigenvalue weighted by molar-refractivity contribution is 5.99. The minimum absolute atomic E-state index is 0.121. The normalized spacial score (nSPS) is 16.7. The van der Waals surface area contributed by atoms with E-state index >= 15 is 0 Å². The molecule has 2 amide bonds. The number of fused-ring (bicyclic) bond motifs is 3. The summed E-state index contributed by atoms with van der Waals surface area (Å²) >= 11 is 0. The first-order valence-electron chi connectivity index (χ1n) is 13.1. The maximum absolute atomic E-state index is 13.2. The lowest BCUT2D eigenvalue weighted by molar-refractivity contribution is 0.0223. The number of nitrogens with zero attached hydrogens (tertiary/aromatic N) is 3. The summed E-state index contributed by atoms with van der Waals surface area (Å²) in [5, 5.41) is 1.10. The smallest absolute Gasteiger partial charge is 0.410 e. The number of carbonyl (C=O) groups is 2. The summed E-state index contributed by atoms with van der Waals surface area (Å²) in [6, 6.07) is 6.13. The second-order valence-electron chi connectivity index (χ2n) is 10.4. The van der Waals surface area contributed by atoms with Gasteiger partial charge in [0.2, 0.25) is 0 Å². The zero-order valence-corrected chi connectivity index (χ0v) is 22.2. The van der Waals surface area contributed by atoms with Gasteiger partial charge in [0.25, 0.3) is 5.91 Å². The van der Waals surface area contributed by atoms with E-state index in [0.29, 0.717) is 19.0 Å². The minimum Gasteiger partial charge on any atom is -0.444 e. The molecule has 2 aliphatic heterocycles. The number of hydrogen-bond acceptors (Lipinski definition) is 3. The predicted octanol–water partition coefficient (Wildman–Crippen LogP) is 6.24. The number of aryl methyl sites for hydroxylation is 1. The molecule has 0 radical (unpaired) electrons. The monoisotopic (exact) mass is 469 g/mol. The largest absolute Gasteiger partial charge is 0.444 e. The van der Waals surface area contributed by atoms with Crippen LogP contribution in [0.1, 0.15) is 89.3 Å². The third-order valence-corrected chi connectivity index (χ3v) is 6.67. The van der Waals surface area contributed by atoms with Gasteiger partial charge in [0, 0.05) is 60.3 Å². The van der Waals surface area contributed by atoms with Crippen LogP contribution in [0.3, 0.4) is 0 Å². The number of aromatic nitrogens is 1. The number of likely N-dealkylation sites (tertiary alicyclic amines) is 1. The average molecular weight is 470 g/mol. The zero-order valence-electron chi connectivity index (χ0n) is 22.2. The summed E-state index contributed by atoms with van der Waals surface area (Å²) < 4.78 is 8.01. The Labute approximate surface area is 205 Å². The Morgan fingerprint density at radius 3 is 2.35 bits per heavy atom. The van der Waals surface area contributed by atoms with Crippen LogP contribution in [0.15, 0.2) is 18.2 Å². The van der Waals surface area contributed by atoms with Crippen molar-refractivity contribution in [1.82, 2.24) is 14.4 Å². The molecule has 188 valence electrons. The topological polar surface area (TPSA) is 54.8 Å². The first-order chi connectivity index (χ1) is 16.2. The summed E-state index contributed by atoms with van der Waals surface area (Å²) in [6.45, 7) is 17.9. The first-order valence-corrected chi connectivity index (χ1v) is 13.1. The maximum atomic E-state index is 13.2. The summed E-state index contributed by atoms with van der Waals surface area (Å²) in [5.41, 5.74) is 3.84. The molecule has 2 aliphatic rings. The van der Waals surface area contributed by atoms with E-state index in [1.165, 1.54) is 5.69 Å². The van der Waals surface area contributed by atoms with E-state index in [2.05, 4.69) is 30.5 Å². The van der Waals surface area contributed by atoms with Crippen molar-refractivity contribution in [2.45, 2.75) is 92.8 Å². The molecule has 2 aromatic rings. The SMILES string of the molecule is CC.CCCn1c2c(c3cc(C(=O)N4CCC(C)CC4)ccc31)CN(C(=O)OC(C)(C)C)CC2. The molecule has 3 heterocycles. The van der Waals surface area contributed by atoms with Crippen LogP contribution in [0, 0.1) is 5.92 Å². The highest BCUT2D eigenvalue weighted by Crippen LogP contribution is 2.33. The third-order valence-electron chi connectivity index (χ3n) is 6.67. The fourth-order valence-corrected chi connectivity index (χ4v) is 4.94. The van der Waals surface area contributed by atoms with E-state index in [9.17, 15) is 9.59 Å². The second-order valence-corrected chi connectivity index (χ2v) is 10.4. The number of piperidine rings is 1. The van der Waals surface area contributed by atoms with Gasteiger partial charge in [0.15, 0.2) is 0 Å². The van der Waals surface area contributed by atoms with E-state index in [0.717, 1.165) is 67.3 Å². The van der Waals surface area contributed by atoms with Gasteiger partial charge in [-0.3, -0.25) is 4.79 Å². The molecule has 0 bridgehead atoms. The van der Waals surface area contributed by atoms with Gasteiger partial charge in [-0.25, -0.2) is 4.79 Å². The average Bonchev–Trinajstić information content (AvgIpc) is 3.12. The molecular formula is C28H43N3O3. The molecule has 34 heavy (non-hydrogen) atoms. The quantitative estimate of drug-likeness (QED) is 0.534. The Kier molecular flexibility index (Phi) is 8.32. The van der Waals surface area contributed by atoms with Crippen molar-refractivity contribution in [2.24, 2.45) is 5.92 Å². The third kappa shape index (κ3) is 5.59. The van der Waals surface area contributed by atoms with Gasteiger partial charge in [-0.1, -0.05) is 27.7 Å². The zero-order chi connectivity index (χ0) is 25.0. The molecule has 1 fully saturated rings. The van der Waals surface area contributed by atoms with Crippen molar-refractivity contribution in [2.75, 3.05) is 19.6 Å². The predicted molar refractivity (Wildman–Crippen MR) is 138 cm³/mol. The van der Waals surface area contributed by atoms with Crippen molar-refractivity contribution >= 4 is 22.9 Å². The van der Waals surface area contributed by atoms with Crippen LogP contribution >= 0.6 is 0 Å². The van der Waals surface area contributed by atoms with Crippen molar-refractivity contribution < 1.29 is 14.3 Å². The van der Waals surface area contributed by atoms with Crippen LogP contribution in [0.2, 0.25) is 0 Å². The van der Waals surface area contributed by atoms with Crippen molar-refractivity contribution in [3.8, 4) is 0 Å². The van der Waals surface area contributed by atoms with Gasteiger partial charge < -0.3 is 19.1 Å².